The number of furan rings is 1. The Labute approximate surface area is 99.8 Å². The van der Waals surface area contributed by atoms with Crippen LogP contribution in [0.25, 0.3) is 0 Å². The number of carbonyl (C=O) groups is 2. The summed E-state index contributed by atoms with van der Waals surface area (Å²) in [6.07, 6.45) is 1.87. The number of aliphatic carboxylic acids is 1. The summed E-state index contributed by atoms with van der Waals surface area (Å²) >= 11 is 0. The molecule has 0 spiro atoms. The van der Waals surface area contributed by atoms with E-state index in [9.17, 15) is 9.59 Å². The SMILES string of the molecule is CCC(C)(CC(=O)O)NC(=O)c1ccoc1C. The molecule has 2 N–H and O–H groups in total. The molecule has 0 aliphatic heterocycles. The van der Waals surface area contributed by atoms with Gasteiger partial charge in [-0.05, 0) is 26.3 Å². The molecule has 1 aromatic heterocycles. The lowest BCUT2D eigenvalue weighted by atomic mass is 9.94. The molecule has 1 atom stereocenters. The van der Waals surface area contributed by atoms with Crippen molar-refractivity contribution in [2.24, 2.45) is 0 Å². The van der Waals surface area contributed by atoms with E-state index in [2.05, 4.69) is 5.32 Å². The van der Waals surface area contributed by atoms with E-state index in [0.717, 1.165) is 0 Å². The van der Waals surface area contributed by atoms with E-state index in [-0.39, 0.29) is 12.3 Å². The largest absolute Gasteiger partial charge is 0.481 e. The second-order valence-corrected chi connectivity index (χ2v) is 4.33. The van der Waals surface area contributed by atoms with Gasteiger partial charge < -0.3 is 14.8 Å². The van der Waals surface area contributed by atoms with Crippen LogP contribution in [0.4, 0.5) is 0 Å². The van der Waals surface area contributed by atoms with Crippen LogP contribution in [-0.2, 0) is 4.79 Å². The minimum atomic E-state index is -0.932. The van der Waals surface area contributed by atoms with Crippen LogP contribution in [-0.4, -0.2) is 22.5 Å². The van der Waals surface area contributed by atoms with Gasteiger partial charge in [-0.3, -0.25) is 9.59 Å². The van der Waals surface area contributed by atoms with Crippen LogP contribution in [0, 0.1) is 6.92 Å². The average molecular weight is 239 g/mol. The number of carbonyl (C=O) groups excluding carboxylic acids is 1. The molecule has 94 valence electrons. The Balaban J connectivity index is 2.79. The quantitative estimate of drug-likeness (QED) is 0.823. The average Bonchev–Trinajstić information content (AvgIpc) is 2.63. The molecule has 0 saturated carbocycles. The highest BCUT2D eigenvalue weighted by Gasteiger charge is 2.28. The summed E-state index contributed by atoms with van der Waals surface area (Å²) in [6.45, 7) is 5.25. The van der Waals surface area contributed by atoms with Gasteiger partial charge in [0.15, 0.2) is 0 Å². The van der Waals surface area contributed by atoms with Crippen molar-refractivity contribution in [1.82, 2.24) is 5.32 Å². The van der Waals surface area contributed by atoms with Crippen LogP contribution < -0.4 is 5.32 Å². The smallest absolute Gasteiger partial charge is 0.305 e. The number of rotatable bonds is 5. The molecule has 1 rings (SSSR count). The Morgan fingerprint density at radius 3 is 2.59 bits per heavy atom. The minimum absolute atomic E-state index is 0.105. The Bertz CT molecular complexity index is 424. The third-order valence-electron chi connectivity index (χ3n) is 2.84. The van der Waals surface area contributed by atoms with Crippen LogP contribution >= 0.6 is 0 Å². The normalized spacial score (nSPS) is 14.1. The van der Waals surface area contributed by atoms with Gasteiger partial charge in [0.1, 0.15) is 5.76 Å². The topological polar surface area (TPSA) is 79.5 Å². The second-order valence-electron chi connectivity index (χ2n) is 4.33. The lowest BCUT2D eigenvalue weighted by Gasteiger charge is -2.27. The fourth-order valence-electron chi connectivity index (χ4n) is 1.55. The first-order chi connectivity index (χ1) is 7.88. The first kappa shape index (κ1) is 13.3. The van der Waals surface area contributed by atoms with E-state index < -0.39 is 11.5 Å². The maximum atomic E-state index is 11.9. The van der Waals surface area contributed by atoms with Gasteiger partial charge in [-0.2, -0.15) is 0 Å². The molecule has 1 aromatic rings. The molecule has 5 nitrogen and oxygen atoms in total. The van der Waals surface area contributed by atoms with E-state index >= 15 is 0 Å². The summed E-state index contributed by atoms with van der Waals surface area (Å²) in [5, 5.41) is 11.5. The summed E-state index contributed by atoms with van der Waals surface area (Å²) in [4.78, 5) is 22.7. The molecule has 1 heterocycles. The van der Waals surface area contributed by atoms with Crippen molar-refractivity contribution in [3.05, 3.63) is 23.7 Å². The predicted octanol–water partition coefficient (Wildman–Crippen LogP) is 1.96. The van der Waals surface area contributed by atoms with E-state index in [1.165, 1.54) is 6.26 Å². The van der Waals surface area contributed by atoms with Crippen molar-refractivity contribution in [1.29, 1.82) is 0 Å². The van der Waals surface area contributed by atoms with Gasteiger partial charge >= 0.3 is 5.97 Å². The van der Waals surface area contributed by atoms with E-state index in [1.54, 1.807) is 19.9 Å². The highest BCUT2D eigenvalue weighted by atomic mass is 16.4. The van der Waals surface area contributed by atoms with Gasteiger partial charge in [0.2, 0.25) is 0 Å². The zero-order valence-corrected chi connectivity index (χ0v) is 10.2. The summed E-state index contributed by atoms with van der Waals surface area (Å²) in [5.41, 5.74) is -0.304. The molecule has 0 aliphatic rings. The summed E-state index contributed by atoms with van der Waals surface area (Å²) in [5.74, 6) is -0.711. The van der Waals surface area contributed by atoms with Crippen LogP contribution in [0.5, 0.6) is 0 Å². The van der Waals surface area contributed by atoms with Crippen molar-refractivity contribution >= 4 is 11.9 Å². The number of amides is 1. The molecule has 0 saturated heterocycles. The Hall–Kier alpha value is -1.78. The molecule has 1 unspecified atom stereocenters. The van der Waals surface area contributed by atoms with Crippen molar-refractivity contribution in [3.63, 3.8) is 0 Å². The Morgan fingerprint density at radius 1 is 1.53 bits per heavy atom. The summed E-state index contributed by atoms with van der Waals surface area (Å²) in [7, 11) is 0. The molecule has 0 radical (unpaired) electrons. The van der Waals surface area contributed by atoms with Crippen LogP contribution in [0.1, 0.15) is 42.8 Å². The maximum absolute atomic E-state index is 11.9. The highest BCUT2D eigenvalue weighted by molar-refractivity contribution is 5.95. The third-order valence-corrected chi connectivity index (χ3v) is 2.84. The third kappa shape index (κ3) is 3.34. The van der Waals surface area contributed by atoms with Gasteiger partial charge in [-0.15, -0.1) is 0 Å². The van der Waals surface area contributed by atoms with Gasteiger partial charge in [0.25, 0.3) is 5.91 Å². The number of carboxylic acid groups (broad SMARTS) is 1. The first-order valence-electron chi connectivity index (χ1n) is 5.46. The van der Waals surface area contributed by atoms with Crippen molar-refractivity contribution in [2.45, 2.75) is 39.2 Å². The second kappa shape index (κ2) is 5.03. The molecule has 0 fully saturated rings. The summed E-state index contributed by atoms with van der Waals surface area (Å²) < 4.78 is 5.04. The zero-order valence-electron chi connectivity index (χ0n) is 10.2. The van der Waals surface area contributed by atoms with Crippen LogP contribution in [0.2, 0.25) is 0 Å². The molecular weight excluding hydrogens is 222 g/mol. The standard InChI is InChI=1S/C12H17NO4/c1-4-12(3,7-10(14)15)13-11(16)9-5-6-17-8(9)2/h5-6H,4,7H2,1-3H3,(H,13,16)(H,14,15). The van der Waals surface area contributed by atoms with Gasteiger partial charge in [0, 0.05) is 5.54 Å². The highest BCUT2D eigenvalue weighted by Crippen LogP contribution is 2.17. The minimum Gasteiger partial charge on any atom is -0.481 e. The van der Waals surface area contributed by atoms with Gasteiger partial charge in [0.05, 0.1) is 18.2 Å². The van der Waals surface area contributed by atoms with Crippen LogP contribution in [0.15, 0.2) is 16.7 Å². The lowest BCUT2D eigenvalue weighted by molar-refractivity contribution is -0.138. The summed E-state index contributed by atoms with van der Waals surface area (Å²) in [6, 6.07) is 1.57. The van der Waals surface area contributed by atoms with Crippen molar-refractivity contribution in [3.8, 4) is 0 Å². The monoisotopic (exact) mass is 239 g/mol. The number of hydrogen-bond acceptors (Lipinski definition) is 3. The molecule has 0 aromatic carbocycles. The molecule has 0 aliphatic carbocycles. The van der Waals surface area contributed by atoms with E-state index in [0.29, 0.717) is 17.7 Å². The van der Waals surface area contributed by atoms with Gasteiger partial charge in [-0.25, -0.2) is 0 Å². The molecule has 5 heteroatoms. The fourth-order valence-corrected chi connectivity index (χ4v) is 1.55. The van der Waals surface area contributed by atoms with Crippen LogP contribution in [0.3, 0.4) is 0 Å². The Kier molecular flexibility index (Phi) is 3.93. The molecule has 0 bridgehead atoms. The zero-order chi connectivity index (χ0) is 13.1. The van der Waals surface area contributed by atoms with Gasteiger partial charge in [-0.1, -0.05) is 6.92 Å². The predicted molar refractivity (Wildman–Crippen MR) is 61.9 cm³/mol. The lowest BCUT2D eigenvalue weighted by Crippen LogP contribution is -2.47. The van der Waals surface area contributed by atoms with Crippen molar-refractivity contribution in [2.75, 3.05) is 0 Å². The molecule has 1 amide bonds. The molecule has 17 heavy (non-hydrogen) atoms. The number of nitrogens with one attached hydrogen (secondary N) is 1. The Morgan fingerprint density at radius 2 is 2.18 bits per heavy atom. The number of aryl methyl sites for hydroxylation is 1. The number of hydrogen-bond donors (Lipinski definition) is 2. The fraction of sp³-hybridized carbons (Fsp3) is 0.500. The van der Waals surface area contributed by atoms with E-state index in [1.807, 2.05) is 6.92 Å². The van der Waals surface area contributed by atoms with E-state index in [4.69, 9.17) is 9.52 Å². The number of carboxylic acids is 1. The first-order valence-corrected chi connectivity index (χ1v) is 5.46. The van der Waals surface area contributed by atoms with Crippen molar-refractivity contribution < 1.29 is 19.1 Å². The maximum Gasteiger partial charge on any atom is 0.305 e. The molecular formula is C12H17NO4.